The SMILES string of the molecule is CCc1ccc(-c2csc(C(C#N)=CNc3ccc(C(=O)OC)cc3)n2)cc1. The van der Waals surface area contributed by atoms with Crippen LogP contribution in [0.4, 0.5) is 5.69 Å². The van der Waals surface area contributed by atoms with E-state index in [-0.39, 0.29) is 5.97 Å². The number of carbonyl (C=O) groups is 1. The summed E-state index contributed by atoms with van der Waals surface area (Å²) in [4.78, 5) is 16.1. The van der Waals surface area contributed by atoms with Crippen molar-refractivity contribution in [1.29, 1.82) is 5.26 Å². The molecule has 28 heavy (non-hydrogen) atoms. The van der Waals surface area contributed by atoms with Gasteiger partial charge in [-0.3, -0.25) is 0 Å². The van der Waals surface area contributed by atoms with E-state index < -0.39 is 0 Å². The number of carbonyl (C=O) groups excluding carboxylic acids is 1. The highest BCUT2D eigenvalue weighted by Gasteiger charge is 2.09. The Balaban J connectivity index is 1.75. The van der Waals surface area contributed by atoms with Gasteiger partial charge in [0.05, 0.1) is 18.4 Å². The Bertz CT molecular complexity index is 1030. The summed E-state index contributed by atoms with van der Waals surface area (Å²) in [6.07, 6.45) is 2.62. The molecule has 0 aliphatic rings. The first-order chi connectivity index (χ1) is 13.6. The van der Waals surface area contributed by atoms with E-state index in [2.05, 4.69) is 52.3 Å². The number of ether oxygens (including phenoxy) is 1. The van der Waals surface area contributed by atoms with Gasteiger partial charge in [-0.2, -0.15) is 5.26 Å². The fourth-order valence-corrected chi connectivity index (χ4v) is 3.35. The van der Waals surface area contributed by atoms with E-state index in [0.717, 1.165) is 23.4 Å². The number of benzene rings is 2. The highest BCUT2D eigenvalue weighted by atomic mass is 32.1. The van der Waals surface area contributed by atoms with Crippen LogP contribution in [-0.4, -0.2) is 18.1 Å². The van der Waals surface area contributed by atoms with E-state index in [1.165, 1.54) is 24.0 Å². The molecule has 0 saturated carbocycles. The monoisotopic (exact) mass is 389 g/mol. The van der Waals surface area contributed by atoms with Gasteiger partial charge in [-0.15, -0.1) is 11.3 Å². The summed E-state index contributed by atoms with van der Waals surface area (Å²) >= 11 is 1.43. The molecule has 2 aromatic carbocycles. The molecule has 1 heterocycles. The molecule has 3 aromatic rings. The minimum absolute atomic E-state index is 0.387. The summed E-state index contributed by atoms with van der Waals surface area (Å²) in [5.74, 6) is -0.387. The third-order valence-electron chi connectivity index (χ3n) is 4.20. The predicted octanol–water partition coefficient (Wildman–Crippen LogP) is 5.14. The fourth-order valence-electron chi connectivity index (χ4n) is 2.56. The standard InChI is InChI=1S/C22H19N3O2S/c1-3-15-4-6-16(7-5-15)20-14-28-21(25-20)18(12-23)13-24-19-10-8-17(9-11-19)22(26)27-2/h4-11,13-14,24H,3H2,1-2H3. The quantitative estimate of drug-likeness (QED) is 0.467. The molecule has 1 N–H and O–H groups in total. The molecular formula is C22H19N3O2S. The molecule has 0 amide bonds. The Morgan fingerprint density at radius 3 is 2.54 bits per heavy atom. The number of thiazole rings is 1. The first-order valence-electron chi connectivity index (χ1n) is 8.75. The molecule has 0 unspecified atom stereocenters. The van der Waals surface area contributed by atoms with Gasteiger partial charge in [0.1, 0.15) is 16.6 Å². The fraction of sp³-hybridized carbons (Fsp3) is 0.136. The molecule has 140 valence electrons. The Morgan fingerprint density at radius 1 is 1.21 bits per heavy atom. The van der Waals surface area contributed by atoms with Gasteiger partial charge in [0.25, 0.3) is 0 Å². The lowest BCUT2D eigenvalue weighted by molar-refractivity contribution is 0.0601. The number of nitriles is 1. The van der Waals surface area contributed by atoms with Crippen molar-refractivity contribution in [2.75, 3.05) is 12.4 Å². The maximum Gasteiger partial charge on any atom is 0.337 e. The molecule has 0 atom stereocenters. The summed E-state index contributed by atoms with van der Waals surface area (Å²) in [7, 11) is 1.34. The molecular weight excluding hydrogens is 370 g/mol. The average Bonchev–Trinajstić information content (AvgIpc) is 3.24. The van der Waals surface area contributed by atoms with Gasteiger partial charge in [0.2, 0.25) is 0 Å². The van der Waals surface area contributed by atoms with Crippen molar-refractivity contribution in [3.8, 4) is 17.3 Å². The van der Waals surface area contributed by atoms with Gasteiger partial charge in [-0.1, -0.05) is 31.2 Å². The molecule has 0 aliphatic heterocycles. The highest BCUT2D eigenvalue weighted by Crippen LogP contribution is 2.26. The maximum absolute atomic E-state index is 11.5. The summed E-state index contributed by atoms with van der Waals surface area (Å²) in [5, 5.41) is 15.2. The van der Waals surface area contributed by atoms with Crippen molar-refractivity contribution in [1.82, 2.24) is 4.98 Å². The van der Waals surface area contributed by atoms with Crippen LogP contribution in [0.25, 0.3) is 16.8 Å². The van der Waals surface area contributed by atoms with E-state index in [0.29, 0.717) is 16.1 Å². The third-order valence-corrected chi connectivity index (χ3v) is 5.08. The largest absolute Gasteiger partial charge is 0.465 e. The van der Waals surface area contributed by atoms with E-state index in [4.69, 9.17) is 0 Å². The van der Waals surface area contributed by atoms with Crippen molar-refractivity contribution in [3.05, 3.63) is 76.2 Å². The van der Waals surface area contributed by atoms with Gasteiger partial charge in [-0.05, 0) is 36.2 Å². The lowest BCUT2D eigenvalue weighted by Crippen LogP contribution is -2.00. The number of aryl methyl sites for hydroxylation is 1. The number of allylic oxidation sites excluding steroid dienone is 1. The van der Waals surface area contributed by atoms with Crippen LogP contribution < -0.4 is 5.32 Å². The molecule has 0 bridgehead atoms. The molecule has 0 saturated heterocycles. The second-order valence-electron chi connectivity index (χ2n) is 5.97. The van der Waals surface area contributed by atoms with Crippen LogP contribution in [0.2, 0.25) is 0 Å². The van der Waals surface area contributed by atoms with Crippen molar-refractivity contribution in [2.45, 2.75) is 13.3 Å². The number of nitrogens with zero attached hydrogens (tertiary/aromatic N) is 2. The third kappa shape index (κ3) is 4.45. The summed E-state index contributed by atoms with van der Waals surface area (Å²) < 4.78 is 4.68. The predicted molar refractivity (Wildman–Crippen MR) is 112 cm³/mol. The van der Waals surface area contributed by atoms with Crippen LogP contribution in [0.3, 0.4) is 0 Å². The van der Waals surface area contributed by atoms with Crippen molar-refractivity contribution >= 4 is 28.6 Å². The van der Waals surface area contributed by atoms with Gasteiger partial charge >= 0.3 is 5.97 Å². The van der Waals surface area contributed by atoms with E-state index >= 15 is 0 Å². The second kappa shape index (κ2) is 8.98. The molecule has 6 heteroatoms. The topological polar surface area (TPSA) is 75.0 Å². The van der Waals surface area contributed by atoms with Crippen molar-refractivity contribution < 1.29 is 9.53 Å². The van der Waals surface area contributed by atoms with E-state index in [9.17, 15) is 10.1 Å². The number of esters is 1. The van der Waals surface area contributed by atoms with Crippen molar-refractivity contribution in [3.63, 3.8) is 0 Å². The zero-order valence-corrected chi connectivity index (χ0v) is 16.4. The zero-order valence-electron chi connectivity index (χ0n) is 15.6. The summed E-state index contributed by atoms with van der Waals surface area (Å²) in [6.45, 7) is 2.12. The number of rotatable bonds is 6. The minimum Gasteiger partial charge on any atom is -0.465 e. The molecule has 0 fully saturated rings. The Kier molecular flexibility index (Phi) is 6.20. The summed E-state index contributed by atoms with van der Waals surface area (Å²) in [6, 6.07) is 17.3. The number of anilines is 1. The molecule has 0 spiro atoms. The number of methoxy groups -OCH3 is 1. The number of aromatic nitrogens is 1. The van der Waals surface area contributed by atoms with Crippen LogP contribution >= 0.6 is 11.3 Å². The van der Waals surface area contributed by atoms with Crippen LogP contribution in [-0.2, 0) is 11.2 Å². The van der Waals surface area contributed by atoms with Gasteiger partial charge < -0.3 is 10.1 Å². The molecule has 0 radical (unpaired) electrons. The van der Waals surface area contributed by atoms with Gasteiger partial charge in [0, 0.05) is 22.8 Å². The van der Waals surface area contributed by atoms with E-state index in [1.54, 1.807) is 30.5 Å². The zero-order chi connectivity index (χ0) is 19.9. The Morgan fingerprint density at radius 2 is 1.93 bits per heavy atom. The van der Waals surface area contributed by atoms with Crippen molar-refractivity contribution in [2.24, 2.45) is 0 Å². The highest BCUT2D eigenvalue weighted by molar-refractivity contribution is 7.11. The maximum atomic E-state index is 11.5. The van der Waals surface area contributed by atoms with Crippen LogP contribution in [0.5, 0.6) is 0 Å². The number of nitrogens with one attached hydrogen (secondary N) is 1. The first-order valence-corrected chi connectivity index (χ1v) is 9.63. The van der Waals surface area contributed by atoms with E-state index in [1.807, 2.05) is 5.38 Å². The molecule has 0 aliphatic carbocycles. The van der Waals surface area contributed by atoms with Crippen LogP contribution in [0.1, 0.15) is 27.9 Å². The van der Waals surface area contributed by atoms with Crippen LogP contribution in [0.15, 0.2) is 60.1 Å². The summed E-state index contributed by atoms with van der Waals surface area (Å²) in [5.41, 5.74) is 4.83. The van der Waals surface area contributed by atoms with Gasteiger partial charge in [0.15, 0.2) is 0 Å². The number of hydrogen-bond donors (Lipinski definition) is 1. The lowest BCUT2D eigenvalue weighted by Gasteiger charge is -2.03. The Labute approximate surface area is 167 Å². The van der Waals surface area contributed by atoms with Gasteiger partial charge in [-0.25, -0.2) is 9.78 Å². The lowest BCUT2D eigenvalue weighted by atomic mass is 10.1. The molecule has 1 aromatic heterocycles. The van der Waals surface area contributed by atoms with Crippen LogP contribution in [0, 0.1) is 11.3 Å². The molecule has 5 nitrogen and oxygen atoms in total. The smallest absolute Gasteiger partial charge is 0.337 e. The second-order valence-corrected chi connectivity index (χ2v) is 6.83. The average molecular weight is 389 g/mol. The first kappa shape index (κ1) is 19.3. The number of hydrogen-bond acceptors (Lipinski definition) is 6. The normalized spacial score (nSPS) is 11.0. The Hall–Kier alpha value is -3.43. The molecule has 3 rings (SSSR count). The minimum atomic E-state index is -0.387.